The van der Waals surface area contributed by atoms with Gasteiger partial charge in [-0.25, -0.2) is 15.2 Å². The van der Waals surface area contributed by atoms with Gasteiger partial charge in [-0.2, -0.15) is 0 Å². The molecule has 0 amide bonds. The Bertz CT molecular complexity index is 1320. The molecule has 166 valence electrons. The van der Waals surface area contributed by atoms with Crippen molar-refractivity contribution in [2.75, 3.05) is 7.11 Å². The molecular formula is C24H25BN6O2. The summed E-state index contributed by atoms with van der Waals surface area (Å²) >= 11 is 0. The molecule has 0 saturated carbocycles. The van der Waals surface area contributed by atoms with Crippen molar-refractivity contribution in [3.8, 4) is 28.6 Å². The molecule has 5 rings (SSSR count). The van der Waals surface area contributed by atoms with Crippen molar-refractivity contribution in [2.24, 2.45) is 0 Å². The highest BCUT2D eigenvalue weighted by Crippen LogP contribution is 2.32. The zero-order valence-electron chi connectivity index (χ0n) is 19.0. The van der Waals surface area contributed by atoms with E-state index in [1.165, 1.54) is 12.8 Å². The van der Waals surface area contributed by atoms with Gasteiger partial charge in [-0.3, -0.25) is 14.2 Å². The van der Waals surface area contributed by atoms with Crippen LogP contribution in [0.15, 0.2) is 42.9 Å². The minimum atomic E-state index is 0.0545. The Morgan fingerprint density at radius 3 is 2.73 bits per heavy atom. The van der Waals surface area contributed by atoms with Crippen molar-refractivity contribution in [1.29, 1.82) is 5.26 Å². The normalized spacial score (nSPS) is 12.5. The van der Waals surface area contributed by atoms with Crippen molar-refractivity contribution >= 4 is 18.7 Å². The van der Waals surface area contributed by atoms with Crippen LogP contribution in [0.1, 0.15) is 24.1 Å². The topological polar surface area (TPSA) is 98.1 Å². The SMILES string of the molecule is CCc1nc(-c2cccc3c(-c4ccc(C)nc4)ncn23)c2n1CCB(C#N)C2.COC=O. The highest BCUT2D eigenvalue weighted by atomic mass is 16.5. The van der Waals surface area contributed by atoms with Gasteiger partial charge >= 0.3 is 0 Å². The first kappa shape index (κ1) is 22.3. The second-order valence-corrected chi connectivity index (χ2v) is 7.93. The lowest BCUT2D eigenvalue weighted by atomic mass is 9.45. The predicted octanol–water partition coefficient (Wildman–Crippen LogP) is 3.57. The van der Waals surface area contributed by atoms with E-state index in [0.29, 0.717) is 6.47 Å². The van der Waals surface area contributed by atoms with E-state index < -0.39 is 0 Å². The summed E-state index contributed by atoms with van der Waals surface area (Å²) in [5.74, 6) is 3.54. The third kappa shape index (κ3) is 4.24. The number of fused-ring (bicyclic) bond motifs is 2. The second-order valence-electron chi connectivity index (χ2n) is 7.93. The summed E-state index contributed by atoms with van der Waals surface area (Å²) in [6.45, 7) is 5.41. The van der Waals surface area contributed by atoms with Crippen LogP contribution < -0.4 is 0 Å². The minimum absolute atomic E-state index is 0.0545. The zero-order chi connectivity index (χ0) is 23.4. The molecule has 0 N–H and O–H groups in total. The number of rotatable bonds is 4. The zero-order valence-corrected chi connectivity index (χ0v) is 19.0. The number of ether oxygens (including phenoxy) is 1. The summed E-state index contributed by atoms with van der Waals surface area (Å²) in [5.41, 5.74) is 7.09. The number of carbonyl (C=O) groups excluding carboxylic acids is 1. The standard InChI is InChI=1S/C22H21BN6.C2H4O2/c1-3-20-27-22(19-11-23(13-24)9-10-28(19)20)18-6-4-5-17-21(26-14-29(17)18)16-8-7-15(2)25-12-16;1-4-2-3/h4-8,12,14H,3,9-11H2,1-2H3;2H,1H3. The Labute approximate surface area is 193 Å². The molecule has 8 nitrogen and oxygen atoms in total. The van der Waals surface area contributed by atoms with Gasteiger partial charge in [-0.1, -0.05) is 13.0 Å². The van der Waals surface area contributed by atoms with Crippen LogP contribution >= 0.6 is 0 Å². The van der Waals surface area contributed by atoms with E-state index in [-0.39, 0.29) is 6.71 Å². The molecule has 9 heteroatoms. The Balaban J connectivity index is 0.000000601. The Morgan fingerprint density at radius 2 is 2.06 bits per heavy atom. The van der Waals surface area contributed by atoms with E-state index in [1.807, 2.05) is 25.5 Å². The number of hydrogen-bond acceptors (Lipinski definition) is 6. The Kier molecular flexibility index (Phi) is 6.54. The third-order valence-corrected chi connectivity index (χ3v) is 5.89. The number of methoxy groups -OCH3 is 1. The fourth-order valence-electron chi connectivity index (χ4n) is 4.26. The lowest BCUT2D eigenvalue weighted by Crippen LogP contribution is -2.26. The molecule has 0 radical (unpaired) electrons. The Hall–Kier alpha value is -3.93. The smallest absolute Gasteiger partial charge is 0.292 e. The van der Waals surface area contributed by atoms with Crippen LogP contribution in [0.5, 0.6) is 0 Å². The molecule has 0 fully saturated rings. The third-order valence-electron chi connectivity index (χ3n) is 5.89. The first-order valence-electron chi connectivity index (χ1n) is 10.9. The second kappa shape index (κ2) is 9.69. The molecule has 0 atom stereocenters. The molecule has 0 aliphatic carbocycles. The number of nitriles is 1. The fourth-order valence-corrected chi connectivity index (χ4v) is 4.26. The van der Waals surface area contributed by atoms with Crippen molar-refractivity contribution in [2.45, 2.75) is 39.5 Å². The van der Waals surface area contributed by atoms with Crippen molar-refractivity contribution in [3.63, 3.8) is 0 Å². The van der Waals surface area contributed by atoms with Gasteiger partial charge in [0.15, 0.2) is 0 Å². The summed E-state index contributed by atoms with van der Waals surface area (Å²) in [7, 11) is 1.31. The molecular weight excluding hydrogens is 415 g/mol. The molecule has 33 heavy (non-hydrogen) atoms. The quantitative estimate of drug-likeness (QED) is 0.356. The number of imidazole rings is 2. The summed E-state index contributed by atoms with van der Waals surface area (Å²) < 4.78 is 8.28. The number of nitrogens with zero attached hydrogens (tertiary/aromatic N) is 6. The number of aryl methyl sites for hydroxylation is 2. The first-order chi connectivity index (χ1) is 16.1. The van der Waals surface area contributed by atoms with Crippen LogP contribution in [0.3, 0.4) is 0 Å². The molecule has 1 aliphatic rings. The molecule has 1 aliphatic heterocycles. The van der Waals surface area contributed by atoms with Gasteiger partial charge in [0.1, 0.15) is 17.8 Å². The molecule has 0 saturated heterocycles. The Morgan fingerprint density at radius 1 is 1.24 bits per heavy atom. The van der Waals surface area contributed by atoms with Gasteiger partial charge in [0, 0.05) is 42.1 Å². The summed E-state index contributed by atoms with van der Waals surface area (Å²) in [4.78, 5) is 23.0. The maximum Gasteiger partial charge on any atom is 0.292 e. The van der Waals surface area contributed by atoms with Gasteiger partial charge in [0.25, 0.3) is 13.2 Å². The van der Waals surface area contributed by atoms with Crippen LogP contribution in [0.25, 0.3) is 28.2 Å². The number of carbonyl (C=O) groups is 1. The number of hydrogen-bond donors (Lipinski definition) is 0. The monoisotopic (exact) mass is 440 g/mol. The molecule has 4 aromatic heterocycles. The number of pyridine rings is 2. The summed E-state index contributed by atoms with van der Waals surface area (Å²) in [6.07, 6.45) is 6.26. The van der Waals surface area contributed by atoms with Gasteiger partial charge in [0.05, 0.1) is 24.0 Å². The van der Waals surface area contributed by atoms with E-state index in [2.05, 4.69) is 60.8 Å². The highest BCUT2D eigenvalue weighted by molar-refractivity contribution is 6.66. The maximum atomic E-state index is 9.46. The van der Waals surface area contributed by atoms with E-state index in [4.69, 9.17) is 9.78 Å². The van der Waals surface area contributed by atoms with Crippen LogP contribution in [-0.2, 0) is 28.8 Å². The van der Waals surface area contributed by atoms with Crippen LogP contribution in [-0.4, -0.2) is 44.2 Å². The molecule has 0 aromatic carbocycles. The lowest BCUT2D eigenvalue weighted by Gasteiger charge is -2.19. The minimum Gasteiger partial charge on any atom is -0.471 e. The molecule has 5 heterocycles. The van der Waals surface area contributed by atoms with Gasteiger partial charge in [-0.05, 0) is 43.8 Å². The van der Waals surface area contributed by atoms with E-state index >= 15 is 0 Å². The summed E-state index contributed by atoms with van der Waals surface area (Å²) in [5, 5.41) is 9.46. The molecule has 0 spiro atoms. The fraction of sp³-hybridized carbons (Fsp3) is 0.292. The van der Waals surface area contributed by atoms with Crippen LogP contribution in [0.4, 0.5) is 0 Å². The number of aromatic nitrogens is 5. The highest BCUT2D eigenvalue weighted by Gasteiger charge is 2.29. The lowest BCUT2D eigenvalue weighted by molar-refractivity contribution is -0.126. The van der Waals surface area contributed by atoms with Gasteiger partial charge in [-0.15, -0.1) is 0 Å². The van der Waals surface area contributed by atoms with Crippen molar-refractivity contribution < 1.29 is 9.53 Å². The van der Waals surface area contributed by atoms with Crippen LogP contribution in [0, 0.1) is 18.2 Å². The summed E-state index contributed by atoms with van der Waals surface area (Å²) in [6, 6.07) is 10.3. The average molecular weight is 440 g/mol. The van der Waals surface area contributed by atoms with E-state index in [0.717, 1.165) is 65.3 Å². The van der Waals surface area contributed by atoms with Crippen molar-refractivity contribution in [3.05, 3.63) is 60.1 Å². The van der Waals surface area contributed by atoms with E-state index in [1.54, 1.807) is 0 Å². The predicted molar refractivity (Wildman–Crippen MR) is 127 cm³/mol. The first-order valence-corrected chi connectivity index (χ1v) is 10.9. The van der Waals surface area contributed by atoms with Gasteiger partial charge in [0.2, 0.25) is 0 Å². The van der Waals surface area contributed by atoms with Crippen molar-refractivity contribution in [1.82, 2.24) is 23.9 Å². The molecule has 4 aromatic rings. The molecule has 0 unspecified atom stereocenters. The largest absolute Gasteiger partial charge is 0.471 e. The van der Waals surface area contributed by atoms with Gasteiger partial charge < -0.3 is 9.30 Å². The van der Waals surface area contributed by atoms with Crippen LogP contribution in [0.2, 0.25) is 6.32 Å². The average Bonchev–Trinajstić information content (AvgIpc) is 3.46. The molecule has 0 bridgehead atoms. The maximum absolute atomic E-state index is 9.46. The van der Waals surface area contributed by atoms with E-state index in [9.17, 15) is 5.26 Å².